The number of carbonyl (C=O) groups is 1. The number of aromatic nitrogens is 2. The van der Waals surface area contributed by atoms with Crippen molar-refractivity contribution in [3.05, 3.63) is 78.2 Å². The van der Waals surface area contributed by atoms with Gasteiger partial charge in [-0.1, -0.05) is 60.7 Å². The smallest absolute Gasteiger partial charge is 0.125 e. The molecule has 2 aromatic carbocycles. The third-order valence-corrected chi connectivity index (χ3v) is 3.61. The van der Waals surface area contributed by atoms with Crippen LogP contribution in [0.2, 0.25) is 0 Å². The quantitative estimate of drug-likeness (QED) is 0.628. The SMILES string of the molecule is O=CCc1c(-c2ccccc2)ncn1COCc1ccccc1. The van der Waals surface area contributed by atoms with Crippen LogP contribution in [-0.2, 0) is 29.3 Å². The maximum Gasteiger partial charge on any atom is 0.125 e. The van der Waals surface area contributed by atoms with Crippen LogP contribution < -0.4 is 0 Å². The van der Waals surface area contributed by atoms with Crippen LogP contribution in [0.5, 0.6) is 0 Å². The molecular weight excluding hydrogens is 288 g/mol. The van der Waals surface area contributed by atoms with Gasteiger partial charge < -0.3 is 14.1 Å². The van der Waals surface area contributed by atoms with E-state index in [0.717, 1.165) is 28.8 Å². The average molecular weight is 306 g/mol. The van der Waals surface area contributed by atoms with E-state index in [1.807, 2.05) is 65.2 Å². The summed E-state index contributed by atoms with van der Waals surface area (Å²) in [5.41, 5.74) is 3.83. The summed E-state index contributed by atoms with van der Waals surface area (Å²) in [6.07, 6.45) is 2.95. The lowest BCUT2D eigenvalue weighted by Gasteiger charge is -2.09. The zero-order chi connectivity index (χ0) is 15.9. The Hall–Kier alpha value is -2.72. The van der Waals surface area contributed by atoms with Gasteiger partial charge in [0.1, 0.15) is 13.0 Å². The molecule has 0 saturated heterocycles. The third-order valence-electron chi connectivity index (χ3n) is 3.61. The van der Waals surface area contributed by atoms with E-state index in [9.17, 15) is 4.79 Å². The van der Waals surface area contributed by atoms with Crippen molar-refractivity contribution in [2.24, 2.45) is 0 Å². The number of nitrogens with zero attached hydrogens (tertiary/aromatic N) is 2. The molecule has 116 valence electrons. The van der Waals surface area contributed by atoms with Crippen molar-refractivity contribution >= 4 is 6.29 Å². The number of benzene rings is 2. The highest BCUT2D eigenvalue weighted by Gasteiger charge is 2.12. The fourth-order valence-corrected chi connectivity index (χ4v) is 2.49. The van der Waals surface area contributed by atoms with Gasteiger partial charge in [-0.15, -0.1) is 0 Å². The van der Waals surface area contributed by atoms with Gasteiger partial charge in [-0.05, 0) is 5.56 Å². The summed E-state index contributed by atoms with van der Waals surface area (Å²) < 4.78 is 7.64. The molecule has 3 aromatic rings. The molecule has 0 aliphatic heterocycles. The molecule has 0 aliphatic carbocycles. The normalized spacial score (nSPS) is 10.6. The number of hydrogen-bond acceptors (Lipinski definition) is 3. The van der Waals surface area contributed by atoms with Gasteiger partial charge in [-0.3, -0.25) is 0 Å². The summed E-state index contributed by atoms with van der Waals surface area (Å²) in [6.45, 7) is 0.901. The topological polar surface area (TPSA) is 44.1 Å². The largest absolute Gasteiger partial charge is 0.356 e. The van der Waals surface area contributed by atoms with Gasteiger partial charge in [0.25, 0.3) is 0 Å². The number of imidazole rings is 1. The predicted octanol–water partition coefficient (Wildman–Crippen LogP) is 3.47. The van der Waals surface area contributed by atoms with E-state index in [1.54, 1.807) is 6.33 Å². The van der Waals surface area contributed by atoms with Crippen molar-refractivity contribution in [1.82, 2.24) is 9.55 Å². The van der Waals surface area contributed by atoms with Crippen LogP contribution in [0.3, 0.4) is 0 Å². The molecule has 0 radical (unpaired) electrons. The zero-order valence-electron chi connectivity index (χ0n) is 12.8. The Morgan fingerprint density at radius 3 is 2.39 bits per heavy atom. The highest BCUT2D eigenvalue weighted by molar-refractivity contribution is 5.66. The molecule has 1 heterocycles. The van der Waals surface area contributed by atoms with E-state index in [1.165, 1.54) is 0 Å². The Morgan fingerprint density at radius 1 is 1.00 bits per heavy atom. The summed E-state index contributed by atoms with van der Waals surface area (Å²) >= 11 is 0. The number of carbonyl (C=O) groups excluding carboxylic acids is 1. The van der Waals surface area contributed by atoms with Gasteiger partial charge in [0.05, 0.1) is 24.3 Å². The first-order valence-electron chi connectivity index (χ1n) is 7.53. The van der Waals surface area contributed by atoms with Crippen LogP contribution in [0.1, 0.15) is 11.3 Å². The van der Waals surface area contributed by atoms with Gasteiger partial charge in [-0.25, -0.2) is 4.98 Å². The summed E-state index contributed by atoms with van der Waals surface area (Å²) in [4.78, 5) is 15.5. The lowest BCUT2D eigenvalue weighted by atomic mass is 10.1. The first-order valence-corrected chi connectivity index (χ1v) is 7.53. The minimum absolute atomic E-state index is 0.318. The van der Waals surface area contributed by atoms with Crippen molar-refractivity contribution in [2.75, 3.05) is 0 Å². The Labute approximate surface area is 135 Å². The molecule has 0 atom stereocenters. The Balaban J connectivity index is 1.74. The molecule has 1 aromatic heterocycles. The molecule has 0 spiro atoms. The molecule has 0 amide bonds. The third kappa shape index (κ3) is 3.73. The van der Waals surface area contributed by atoms with Gasteiger partial charge in [0.15, 0.2) is 0 Å². The molecule has 0 fully saturated rings. The van der Waals surface area contributed by atoms with Gasteiger partial charge in [0.2, 0.25) is 0 Å². The summed E-state index contributed by atoms with van der Waals surface area (Å²) in [5, 5.41) is 0. The standard InChI is InChI=1S/C19H18N2O2/c22-12-11-18-19(17-9-5-2-6-10-17)20-14-21(18)15-23-13-16-7-3-1-4-8-16/h1-10,12,14H,11,13,15H2. The highest BCUT2D eigenvalue weighted by atomic mass is 16.5. The van der Waals surface area contributed by atoms with E-state index >= 15 is 0 Å². The van der Waals surface area contributed by atoms with Crippen LogP contribution in [0.4, 0.5) is 0 Å². The minimum Gasteiger partial charge on any atom is -0.356 e. The first-order chi connectivity index (χ1) is 11.4. The second-order valence-corrected chi connectivity index (χ2v) is 5.21. The number of hydrogen-bond donors (Lipinski definition) is 0. The van der Waals surface area contributed by atoms with Crippen molar-refractivity contribution in [3.63, 3.8) is 0 Å². The second kappa shape index (κ2) is 7.51. The molecule has 0 saturated carbocycles. The van der Waals surface area contributed by atoms with Crippen molar-refractivity contribution in [3.8, 4) is 11.3 Å². The summed E-state index contributed by atoms with van der Waals surface area (Å²) in [7, 11) is 0. The zero-order valence-corrected chi connectivity index (χ0v) is 12.8. The molecule has 4 nitrogen and oxygen atoms in total. The van der Waals surface area contributed by atoms with Crippen molar-refractivity contribution in [1.29, 1.82) is 0 Å². The van der Waals surface area contributed by atoms with E-state index in [0.29, 0.717) is 19.8 Å². The number of ether oxygens (including phenoxy) is 1. The summed E-state index contributed by atoms with van der Waals surface area (Å²) in [5.74, 6) is 0. The van der Waals surface area contributed by atoms with E-state index in [2.05, 4.69) is 4.98 Å². The molecule has 3 rings (SSSR count). The molecule has 0 N–H and O–H groups in total. The van der Waals surface area contributed by atoms with Crippen LogP contribution in [0, 0.1) is 0 Å². The predicted molar refractivity (Wildman–Crippen MR) is 88.7 cm³/mol. The van der Waals surface area contributed by atoms with Gasteiger partial charge in [0, 0.05) is 12.0 Å². The van der Waals surface area contributed by atoms with Crippen LogP contribution in [-0.4, -0.2) is 15.8 Å². The second-order valence-electron chi connectivity index (χ2n) is 5.21. The first kappa shape index (κ1) is 15.2. The minimum atomic E-state index is 0.318. The van der Waals surface area contributed by atoms with E-state index in [4.69, 9.17) is 4.74 Å². The highest BCUT2D eigenvalue weighted by Crippen LogP contribution is 2.22. The maximum absolute atomic E-state index is 11.0. The van der Waals surface area contributed by atoms with Crippen molar-refractivity contribution in [2.45, 2.75) is 19.8 Å². The Kier molecular flexibility index (Phi) is 4.96. The number of aldehydes is 1. The fraction of sp³-hybridized carbons (Fsp3) is 0.158. The van der Waals surface area contributed by atoms with Crippen LogP contribution in [0.15, 0.2) is 67.0 Å². The lowest BCUT2D eigenvalue weighted by Crippen LogP contribution is -2.07. The molecule has 4 heteroatoms. The molecule has 0 aliphatic rings. The molecule has 0 bridgehead atoms. The van der Waals surface area contributed by atoms with Gasteiger partial charge in [-0.2, -0.15) is 0 Å². The monoisotopic (exact) mass is 306 g/mol. The van der Waals surface area contributed by atoms with Crippen LogP contribution in [0.25, 0.3) is 11.3 Å². The Morgan fingerprint density at radius 2 is 1.70 bits per heavy atom. The Bertz CT molecular complexity index is 752. The van der Waals surface area contributed by atoms with Crippen LogP contribution >= 0.6 is 0 Å². The summed E-state index contributed by atoms with van der Waals surface area (Å²) in [6, 6.07) is 19.9. The van der Waals surface area contributed by atoms with Gasteiger partial charge >= 0.3 is 0 Å². The van der Waals surface area contributed by atoms with E-state index < -0.39 is 0 Å². The molecule has 0 unspecified atom stereocenters. The lowest BCUT2D eigenvalue weighted by molar-refractivity contribution is -0.107. The van der Waals surface area contributed by atoms with Crippen molar-refractivity contribution < 1.29 is 9.53 Å². The average Bonchev–Trinajstić information content (AvgIpc) is 3.00. The molecule has 23 heavy (non-hydrogen) atoms. The molecular formula is C19H18N2O2. The van der Waals surface area contributed by atoms with E-state index in [-0.39, 0.29) is 0 Å². The number of rotatable bonds is 7. The fourth-order valence-electron chi connectivity index (χ4n) is 2.49. The maximum atomic E-state index is 11.0.